The van der Waals surface area contributed by atoms with E-state index in [4.69, 9.17) is 18.9 Å². The van der Waals surface area contributed by atoms with Crippen LogP contribution < -0.4 is 5.32 Å². The Hall–Kier alpha value is -1.50. The molecule has 0 aromatic heterocycles. The zero-order valence-electron chi connectivity index (χ0n) is 25.2. The summed E-state index contributed by atoms with van der Waals surface area (Å²) in [5.74, 6) is -0.0925. The van der Waals surface area contributed by atoms with E-state index in [2.05, 4.69) is 5.32 Å². The molecule has 2 fully saturated rings. The highest BCUT2D eigenvalue weighted by atomic mass is 16.7. The second-order valence-corrected chi connectivity index (χ2v) is 11.1. The standard InChI is InChI=1S/C28H52N2O13/c1-3-29-19(32)10-7-5-4-6-8-11-20(33)30(13-15-41-27-25(38)23(36)21(34)17(2)42-27)12-9-14-40-28-26(39)24(37)22(35)18(16-31)43-28/h17-18,21-28,31,34-39H,3-16H2,1-2H3,(H,29,32)/t17-,18+,21+,22+,23+,24-,25-,26-,27+,28-/m0/s1. The van der Waals surface area contributed by atoms with E-state index in [0.717, 1.165) is 25.7 Å². The van der Waals surface area contributed by atoms with Crippen LogP contribution in [-0.2, 0) is 28.5 Å². The number of aliphatic hydroxyl groups is 7. The van der Waals surface area contributed by atoms with Crippen LogP contribution in [0.4, 0.5) is 0 Å². The van der Waals surface area contributed by atoms with Crippen molar-refractivity contribution in [3.63, 3.8) is 0 Å². The van der Waals surface area contributed by atoms with E-state index >= 15 is 0 Å². The lowest BCUT2D eigenvalue weighted by molar-refractivity contribution is -0.301. The Morgan fingerprint density at radius 3 is 1.95 bits per heavy atom. The summed E-state index contributed by atoms with van der Waals surface area (Å²) >= 11 is 0. The van der Waals surface area contributed by atoms with Gasteiger partial charge >= 0.3 is 0 Å². The number of carbonyl (C=O) groups excluding carboxylic acids is 2. The summed E-state index contributed by atoms with van der Waals surface area (Å²) in [4.78, 5) is 26.2. The minimum absolute atomic E-state index is 0.0175. The van der Waals surface area contributed by atoms with E-state index in [-0.39, 0.29) is 44.5 Å². The van der Waals surface area contributed by atoms with Gasteiger partial charge in [0.25, 0.3) is 0 Å². The SMILES string of the molecule is CCNC(=O)CCCCCCCC(=O)N(CCCO[C@H]1O[C@H](CO)[C@@H](O)[C@H](O)[C@@H]1O)CCO[C@@H]1O[C@@H](C)[C@@H](O)[C@@H](O)[C@@H]1O. The summed E-state index contributed by atoms with van der Waals surface area (Å²) in [7, 11) is 0. The molecule has 0 aliphatic carbocycles. The Kier molecular flexibility index (Phi) is 17.3. The maximum absolute atomic E-state index is 13.1. The van der Waals surface area contributed by atoms with Crippen LogP contribution in [0.15, 0.2) is 0 Å². The molecule has 2 aliphatic rings. The summed E-state index contributed by atoms with van der Waals surface area (Å²) < 4.78 is 21.9. The van der Waals surface area contributed by atoms with Gasteiger partial charge in [0.05, 0.1) is 25.9 Å². The lowest BCUT2D eigenvalue weighted by atomic mass is 9.99. The van der Waals surface area contributed by atoms with Gasteiger partial charge in [-0.15, -0.1) is 0 Å². The zero-order valence-corrected chi connectivity index (χ0v) is 25.2. The van der Waals surface area contributed by atoms with Crippen molar-refractivity contribution in [1.29, 1.82) is 0 Å². The molecular formula is C28H52N2O13. The monoisotopic (exact) mass is 624 g/mol. The van der Waals surface area contributed by atoms with Gasteiger partial charge in [0, 0.05) is 32.5 Å². The van der Waals surface area contributed by atoms with E-state index < -0.39 is 68.0 Å². The van der Waals surface area contributed by atoms with E-state index in [1.54, 1.807) is 11.8 Å². The highest BCUT2D eigenvalue weighted by Gasteiger charge is 2.44. The van der Waals surface area contributed by atoms with Crippen molar-refractivity contribution in [2.75, 3.05) is 39.5 Å². The zero-order chi connectivity index (χ0) is 31.9. The van der Waals surface area contributed by atoms with Crippen molar-refractivity contribution in [3.8, 4) is 0 Å². The molecule has 2 aliphatic heterocycles. The van der Waals surface area contributed by atoms with Crippen molar-refractivity contribution < 1.29 is 64.3 Å². The maximum atomic E-state index is 13.1. The molecule has 43 heavy (non-hydrogen) atoms. The number of hydrogen-bond acceptors (Lipinski definition) is 13. The van der Waals surface area contributed by atoms with Gasteiger partial charge in [-0.2, -0.15) is 0 Å². The number of amides is 2. The Morgan fingerprint density at radius 1 is 0.721 bits per heavy atom. The predicted molar refractivity (Wildman–Crippen MR) is 150 cm³/mol. The highest BCUT2D eigenvalue weighted by molar-refractivity contribution is 5.76. The van der Waals surface area contributed by atoms with E-state index in [9.17, 15) is 45.3 Å². The summed E-state index contributed by atoms with van der Waals surface area (Å²) in [6.07, 6.45) is -7.89. The molecule has 8 N–H and O–H groups in total. The van der Waals surface area contributed by atoms with Gasteiger partial charge in [0.15, 0.2) is 12.6 Å². The first-order valence-electron chi connectivity index (χ1n) is 15.3. The molecule has 10 atom stereocenters. The fourth-order valence-electron chi connectivity index (χ4n) is 4.99. The number of carbonyl (C=O) groups is 2. The topological polar surface area (TPSA) is 228 Å². The van der Waals surface area contributed by atoms with Crippen molar-refractivity contribution in [2.24, 2.45) is 0 Å². The van der Waals surface area contributed by atoms with Crippen molar-refractivity contribution in [3.05, 3.63) is 0 Å². The molecule has 0 spiro atoms. The number of nitrogens with zero attached hydrogens (tertiary/aromatic N) is 1. The number of aliphatic hydroxyl groups excluding tert-OH is 7. The molecule has 0 saturated carbocycles. The minimum atomic E-state index is -1.56. The Labute approximate surface area is 252 Å². The normalized spacial score (nSPS) is 32.9. The average molecular weight is 625 g/mol. The average Bonchev–Trinajstić information content (AvgIpc) is 2.98. The molecule has 2 saturated heterocycles. The Morgan fingerprint density at radius 2 is 1.30 bits per heavy atom. The van der Waals surface area contributed by atoms with Crippen molar-refractivity contribution in [2.45, 2.75) is 127 Å². The number of rotatable bonds is 19. The third-order valence-electron chi connectivity index (χ3n) is 7.68. The molecule has 2 rings (SSSR count). The molecule has 0 unspecified atom stereocenters. The van der Waals surface area contributed by atoms with Crippen LogP contribution in [0.1, 0.15) is 65.2 Å². The largest absolute Gasteiger partial charge is 0.394 e. The molecule has 2 heterocycles. The second-order valence-electron chi connectivity index (χ2n) is 11.1. The third-order valence-corrected chi connectivity index (χ3v) is 7.68. The first kappa shape index (κ1) is 37.7. The van der Waals surface area contributed by atoms with Gasteiger partial charge in [-0.05, 0) is 33.1 Å². The maximum Gasteiger partial charge on any atom is 0.222 e. The van der Waals surface area contributed by atoms with Gasteiger partial charge in [-0.1, -0.05) is 19.3 Å². The minimum Gasteiger partial charge on any atom is -0.394 e. The van der Waals surface area contributed by atoms with Crippen LogP contribution in [-0.4, -0.2) is 153 Å². The van der Waals surface area contributed by atoms with E-state index in [1.807, 2.05) is 6.92 Å². The van der Waals surface area contributed by atoms with Gasteiger partial charge in [-0.3, -0.25) is 9.59 Å². The van der Waals surface area contributed by atoms with Gasteiger partial charge in [0.1, 0.15) is 42.7 Å². The molecule has 0 aromatic rings. The van der Waals surface area contributed by atoms with Crippen LogP contribution >= 0.6 is 0 Å². The van der Waals surface area contributed by atoms with Crippen LogP contribution in [0.3, 0.4) is 0 Å². The summed E-state index contributed by atoms with van der Waals surface area (Å²) in [5.41, 5.74) is 0. The summed E-state index contributed by atoms with van der Waals surface area (Å²) in [6, 6.07) is 0. The third kappa shape index (κ3) is 12.1. The van der Waals surface area contributed by atoms with Gasteiger partial charge < -0.3 is 64.9 Å². The summed E-state index contributed by atoms with van der Waals surface area (Å²) in [5, 5.41) is 72.2. The Bertz CT molecular complexity index is 807. The van der Waals surface area contributed by atoms with Gasteiger partial charge in [0.2, 0.25) is 11.8 Å². The van der Waals surface area contributed by atoms with Crippen molar-refractivity contribution in [1.82, 2.24) is 10.2 Å². The lowest BCUT2D eigenvalue weighted by Gasteiger charge is -2.39. The number of nitrogens with one attached hydrogen (secondary N) is 1. The second kappa shape index (κ2) is 19.8. The molecule has 15 heteroatoms. The smallest absolute Gasteiger partial charge is 0.222 e. The first-order chi connectivity index (χ1) is 20.5. The van der Waals surface area contributed by atoms with Gasteiger partial charge in [-0.25, -0.2) is 0 Å². The molecule has 0 radical (unpaired) electrons. The van der Waals surface area contributed by atoms with Crippen molar-refractivity contribution >= 4 is 11.8 Å². The predicted octanol–water partition coefficient (Wildman–Crippen LogP) is -2.27. The molecule has 252 valence electrons. The molecule has 0 bridgehead atoms. The lowest BCUT2D eigenvalue weighted by Crippen LogP contribution is -2.59. The van der Waals surface area contributed by atoms with Crippen LogP contribution in [0.2, 0.25) is 0 Å². The number of hydrogen-bond donors (Lipinski definition) is 8. The summed E-state index contributed by atoms with van der Waals surface area (Å²) in [6.45, 7) is 3.86. The molecule has 0 aromatic carbocycles. The molecule has 2 amide bonds. The number of ether oxygens (including phenoxy) is 4. The van der Waals surface area contributed by atoms with Crippen LogP contribution in [0.5, 0.6) is 0 Å². The van der Waals surface area contributed by atoms with Crippen LogP contribution in [0, 0.1) is 0 Å². The van der Waals surface area contributed by atoms with E-state index in [0.29, 0.717) is 25.8 Å². The Balaban J connectivity index is 1.83. The van der Waals surface area contributed by atoms with Crippen LogP contribution in [0.25, 0.3) is 0 Å². The molecular weight excluding hydrogens is 572 g/mol. The van der Waals surface area contributed by atoms with E-state index in [1.165, 1.54) is 0 Å². The first-order valence-corrected chi connectivity index (χ1v) is 15.3. The number of unbranched alkanes of at least 4 members (excludes halogenated alkanes) is 4. The fourth-order valence-corrected chi connectivity index (χ4v) is 4.99. The molecule has 15 nitrogen and oxygen atoms in total. The fraction of sp³-hybridized carbons (Fsp3) is 0.929. The quantitative estimate of drug-likeness (QED) is 0.0710. The highest BCUT2D eigenvalue weighted by Crippen LogP contribution is 2.23.